The maximum atomic E-state index is 12.6. The van der Waals surface area contributed by atoms with Gasteiger partial charge >= 0.3 is 5.97 Å². The third-order valence-electron chi connectivity index (χ3n) is 4.53. The van der Waals surface area contributed by atoms with Crippen molar-refractivity contribution < 1.29 is 9.53 Å². The molecule has 2 aromatic carbocycles. The molecule has 0 spiro atoms. The van der Waals surface area contributed by atoms with E-state index in [1.165, 1.54) is 18.4 Å². The minimum absolute atomic E-state index is 0.232. The summed E-state index contributed by atoms with van der Waals surface area (Å²) in [7, 11) is 0. The molecule has 0 amide bonds. The van der Waals surface area contributed by atoms with Crippen molar-refractivity contribution in [1.29, 1.82) is 0 Å². The van der Waals surface area contributed by atoms with E-state index in [0.717, 1.165) is 35.3 Å². The zero-order valence-electron chi connectivity index (χ0n) is 12.9. The second-order valence-electron chi connectivity index (χ2n) is 6.01. The van der Waals surface area contributed by atoms with Gasteiger partial charge in [0, 0.05) is 5.57 Å². The van der Waals surface area contributed by atoms with E-state index in [1.807, 2.05) is 48.5 Å². The molecular weight excluding hydrogens is 284 g/mol. The van der Waals surface area contributed by atoms with E-state index in [1.54, 1.807) is 0 Å². The second kappa shape index (κ2) is 5.88. The molecule has 4 rings (SSSR count). The third kappa shape index (κ3) is 2.50. The summed E-state index contributed by atoms with van der Waals surface area (Å²) in [6.45, 7) is 0. The van der Waals surface area contributed by atoms with E-state index in [9.17, 15) is 4.79 Å². The van der Waals surface area contributed by atoms with E-state index in [4.69, 9.17) is 4.74 Å². The summed E-state index contributed by atoms with van der Waals surface area (Å²) < 4.78 is 5.75. The molecule has 1 heterocycles. The van der Waals surface area contributed by atoms with E-state index < -0.39 is 0 Å². The van der Waals surface area contributed by atoms with Crippen LogP contribution in [0.15, 0.2) is 72.0 Å². The first-order valence-electron chi connectivity index (χ1n) is 8.14. The van der Waals surface area contributed by atoms with Crippen molar-refractivity contribution in [2.45, 2.75) is 25.7 Å². The van der Waals surface area contributed by atoms with Crippen LogP contribution in [0.1, 0.15) is 36.8 Å². The maximum Gasteiger partial charge on any atom is 0.344 e. The first-order valence-corrected chi connectivity index (χ1v) is 8.14. The molecule has 0 unspecified atom stereocenters. The van der Waals surface area contributed by atoms with Crippen LogP contribution in [0, 0.1) is 0 Å². The Labute approximate surface area is 136 Å². The fourth-order valence-corrected chi connectivity index (χ4v) is 3.44. The molecule has 0 bridgehead atoms. The number of ether oxygens (including phenoxy) is 1. The lowest BCUT2D eigenvalue weighted by molar-refractivity contribution is -0.131. The number of cyclic esters (lactones) is 1. The summed E-state index contributed by atoms with van der Waals surface area (Å²) in [6.07, 6.45) is 4.42. The van der Waals surface area contributed by atoms with Crippen molar-refractivity contribution in [1.82, 2.24) is 0 Å². The first-order chi connectivity index (χ1) is 11.3. The van der Waals surface area contributed by atoms with Gasteiger partial charge in [-0.1, -0.05) is 60.7 Å². The number of hydrogen-bond acceptors (Lipinski definition) is 2. The summed E-state index contributed by atoms with van der Waals surface area (Å²) >= 11 is 0. The van der Waals surface area contributed by atoms with Crippen LogP contribution in [0.5, 0.6) is 0 Å². The molecule has 1 aliphatic carbocycles. The van der Waals surface area contributed by atoms with Crippen molar-refractivity contribution >= 4 is 17.1 Å². The second-order valence-corrected chi connectivity index (χ2v) is 6.01. The van der Waals surface area contributed by atoms with Crippen LogP contribution in [-0.2, 0) is 9.53 Å². The summed E-state index contributed by atoms with van der Waals surface area (Å²) in [5, 5.41) is 0. The van der Waals surface area contributed by atoms with Gasteiger partial charge in [0.2, 0.25) is 0 Å². The third-order valence-corrected chi connectivity index (χ3v) is 4.53. The average molecular weight is 302 g/mol. The number of esters is 1. The summed E-state index contributed by atoms with van der Waals surface area (Å²) in [5.74, 6) is 0.571. The van der Waals surface area contributed by atoms with Gasteiger partial charge in [0.05, 0.1) is 5.57 Å². The molecule has 0 N–H and O–H groups in total. The number of rotatable bonds is 2. The lowest BCUT2D eigenvalue weighted by atomic mass is 9.93. The molecule has 1 fully saturated rings. The normalized spacial score (nSPS) is 17.8. The Bertz CT molecular complexity index is 790. The number of carbonyl (C=O) groups excluding carboxylic acids is 1. The van der Waals surface area contributed by atoms with Gasteiger partial charge in [-0.15, -0.1) is 0 Å². The van der Waals surface area contributed by atoms with Crippen LogP contribution < -0.4 is 0 Å². The molecule has 2 aromatic rings. The highest BCUT2D eigenvalue weighted by Crippen LogP contribution is 2.44. The molecule has 114 valence electrons. The van der Waals surface area contributed by atoms with Crippen molar-refractivity contribution in [2.75, 3.05) is 0 Å². The average Bonchev–Trinajstić information content (AvgIpc) is 3.24. The van der Waals surface area contributed by atoms with Gasteiger partial charge in [0.1, 0.15) is 5.76 Å². The molecular formula is C21H18O2. The Morgan fingerprint density at radius 3 is 1.78 bits per heavy atom. The van der Waals surface area contributed by atoms with Crippen LogP contribution in [0.4, 0.5) is 0 Å². The predicted octanol–water partition coefficient (Wildman–Crippen LogP) is 4.98. The highest BCUT2D eigenvalue weighted by Gasteiger charge is 2.34. The SMILES string of the molecule is O=C1OC(=C2CCCC2)C(c2ccccc2)=C1c1ccccc1. The Morgan fingerprint density at radius 1 is 0.696 bits per heavy atom. The van der Waals surface area contributed by atoms with E-state index in [2.05, 4.69) is 12.1 Å². The monoisotopic (exact) mass is 302 g/mol. The molecule has 0 radical (unpaired) electrons. The van der Waals surface area contributed by atoms with E-state index >= 15 is 0 Å². The Hall–Kier alpha value is -2.61. The Kier molecular flexibility index (Phi) is 3.58. The van der Waals surface area contributed by atoms with Gasteiger partial charge in [-0.2, -0.15) is 0 Å². The zero-order chi connectivity index (χ0) is 15.6. The van der Waals surface area contributed by atoms with Gasteiger partial charge in [0.15, 0.2) is 0 Å². The minimum Gasteiger partial charge on any atom is -0.422 e. The number of benzene rings is 2. The smallest absolute Gasteiger partial charge is 0.344 e. The van der Waals surface area contributed by atoms with Crippen molar-refractivity contribution in [3.8, 4) is 0 Å². The van der Waals surface area contributed by atoms with Crippen molar-refractivity contribution in [3.63, 3.8) is 0 Å². The molecule has 0 aromatic heterocycles. The largest absolute Gasteiger partial charge is 0.422 e. The van der Waals surface area contributed by atoms with Gasteiger partial charge in [-0.25, -0.2) is 4.79 Å². The van der Waals surface area contributed by atoms with Crippen LogP contribution in [0.3, 0.4) is 0 Å². The van der Waals surface area contributed by atoms with Gasteiger partial charge in [0.25, 0.3) is 0 Å². The molecule has 23 heavy (non-hydrogen) atoms. The van der Waals surface area contributed by atoms with Crippen LogP contribution >= 0.6 is 0 Å². The van der Waals surface area contributed by atoms with Gasteiger partial charge in [-0.3, -0.25) is 0 Å². The topological polar surface area (TPSA) is 26.3 Å². The molecule has 1 aliphatic heterocycles. The fraction of sp³-hybridized carbons (Fsp3) is 0.190. The van der Waals surface area contributed by atoms with Crippen molar-refractivity contribution in [2.24, 2.45) is 0 Å². The van der Waals surface area contributed by atoms with E-state index in [0.29, 0.717) is 5.57 Å². The molecule has 2 heteroatoms. The van der Waals surface area contributed by atoms with Crippen LogP contribution in [0.2, 0.25) is 0 Å². The summed E-state index contributed by atoms with van der Waals surface area (Å²) in [4.78, 5) is 12.6. The standard InChI is InChI=1S/C21H18O2/c22-21-19(16-11-5-2-6-12-16)18(15-9-3-1-4-10-15)20(23-21)17-13-7-8-14-17/h1-6,9-12H,7-8,13-14H2. The molecule has 0 saturated heterocycles. The number of allylic oxidation sites excluding steroid dienone is 2. The lowest BCUT2D eigenvalue weighted by Crippen LogP contribution is -1.98. The Morgan fingerprint density at radius 2 is 1.22 bits per heavy atom. The van der Waals surface area contributed by atoms with Crippen molar-refractivity contribution in [3.05, 3.63) is 83.1 Å². The predicted molar refractivity (Wildman–Crippen MR) is 91.3 cm³/mol. The minimum atomic E-state index is -0.232. The van der Waals surface area contributed by atoms with E-state index in [-0.39, 0.29) is 5.97 Å². The van der Waals surface area contributed by atoms with Gasteiger partial charge < -0.3 is 4.74 Å². The lowest BCUT2D eigenvalue weighted by Gasteiger charge is -2.09. The maximum absolute atomic E-state index is 12.6. The highest BCUT2D eigenvalue weighted by atomic mass is 16.5. The number of carbonyl (C=O) groups is 1. The van der Waals surface area contributed by atoms with Crippen LogP contribution in [-0.4, -0.2) is 5.97 Å². The molecule has 1 saturated carbocycles. The van der Waals surface area contributed by atoms with Gasteiger partial charge in [-0.05, 0) is 42.4 Å². The molecule has 0 atom stereocenters. The van der Waals surface area contributed by atoms with Crippen LogP contribution in [0.25, 0.3) is 11.1 Å². The molecule has 2 nitrogen and oxygen atoms in total. The summed E-state index contributed by atoms with van der Waals surface area (Å²) in [6, 6.07) is 19.9. The Balaban J connectivity index is 1.97. The first kappa shape index (κ1) is 14.0. The zero-order valence-corrected chi connectivity index (χ0v) is 12.9. The highest BCUT2D eigenvalue weighted by molar-refractivity contribution is 6.30. The number of hydrogen-bond donors (Lipinski definition) is 0. The quantitative estimate of drug-likeness (QED) is 0.731. The fourth-order valence-electron chi connectivity index (χ4n) is 3.44. The summed E-state index contributed by atoms with van der Waals surface area (Å²) in [5.41, 5.74) is 4.89. The molecule has 2 aliphatic rings.